The van der Waals surface area contributed by atoms with Crippen LogP contribution in [0.15, 0.2) is 60.8 Å². The first-order valence-electron chi connectivity index (χ1n) is 7.90. The summed E-state index contributed by atoms with van der Waals surface area (Å²) in [5.74, 6) is -0.823. The van der Waals surface area contributed by atoms with E-state index >= 15 is 0 Å². The van der Waals surface area contributed by atoms with Gasteiger partial charge in [0.15, 0.2) is 5.69 Å². The third-order valence-corrected chi connectivity index (χ3v) is 3.69. The summed E-state index contributed by atoms with van der Waals surface area (Å²) in [6.45, 7) is -0.0801. The second-order valence-corrected chi connectivity index (χ2v) is 5.70. The maximum Gasteiger partial charge on any atom is 0.573 e. The molecule has 1 heterocycles. The zero-order valence-corrected chi connectivity index (χ0v) is 14.2. The molecule has 0 aliphatic rings. The summed E-state index contributed by atoms with van der Waals surface area (Å²) in [6, 6.07) is 14.8. The monoisotopic (exact) mass is 376 g/mol. The number of halogens is 3. The summed E-state index contributed by atoms with van der Waals surface area (Å²) in [5, 5.41) is 7.76. The predicted octanol–water partition coefficient (Wildman–Crippen LogP) is 3.44. The molecule has 0 aliphatic heterocycles. The van der Waals surface area contributed by atoms with Crippen LogP contribution in [0.3, 0.4) is 0 Å². The number of alkyl halides is 3. The van der Waals surface area contributed by atoms with Crippen LogP contribution in [0.5, 0.6) is 5.75 Å². The molecule has 6 nitrogen and oxygen atoms in total. The summed E-state index contributed by atoms with van der Waals surface area (Å²) < 4.78 is 43.0. The quantitative estimate of drug-likeness (QED) is 0.685. The fourth-order valence-corrected chi connectivity index (χ4v) is 2.45. The van der Waals surface area contributed by atoms with Crippen LogP contribution in [0.4, 0.5) is 13.2 Å². The van der Waals surface area contributed by atoms with Crippen molar-refractivity contribution in [1.82, 2.24) is 19.9 Å². The van der Waals surface area contributed by atoms with Gasteiger partial charge in [0, 0.05) is 19.2 Å². The molecule has 3 rings (SSSR count). The van der Waals surface area contributed by atoms with Crippen molar-refractivity contribution in [2.45, 2.75) is 12.9 Å². The Morgan fingerprint density at radius 3 is 2.48 bits per heavy atom. The first kappa shape index (κ1) is 18.4. The van der Waals surface area contributed by atoms with E-state index in [1.807, 2.05) is 18.2 Å². The lowest BCUT2D eigenvalue weighted by Crippen LogP contribution is -2.27. The highest BCUT2D eigenvalue weighted by atomic mass is 19.4. The van der Waals surface area contributed by atoms with Gasteiger partial charge in [-0.2, -0.15) is 0 Å². The molecule has 0 spiro atoms. The number of carbonyl (C=O) groups excluding carboxylic acids is 1. The molecule has 0 aliphatic carbocycles. The lowest BCUT2D eigenvalue weighted by Gasteiger charge is -2.19. The second kappa shape index (κ2) is 7.48. The molecule has 0 unspecified atom stereocenters. The number of ether oxygens (including phenoxy) is 1. The van der Waals surface area contributed by atoms with E-state index < -0.39 is 12.3 Å². The second-order valence-electron chi connectivity index (χ2n) is 5.70. The fraction of sp³-hybridized carbons (Fsp3) is 0.167. The number of nitrogens with zero attached hydrogens (tertiary/aromatic N) is 4. The van der Waals surface area contributed by atoms with E-state index in [0.717, 1.165) is 5.69 Å². The molecular formula is C18H15F3N4O2. The Hall–Kier alpha value is -3.36. The van der Waals surface area contributed by atoms with Gasteiger partial charge in [-0.1, -0.05) is 41.6 Å². The van der Waals surface area contributed by atoms with Crippen molar-refractivity contribution < 1.29 is 22.7 Å². The highest BCUT2D eigenvalue weighted by molar-refractivity contribution is 5.91. The Balaban J connectivity index is 1.75. The average molecular weight is 376 g/mol. The van der Waals surface area contributed by atoms with Crippen LogP contribution in [0.2, 0.25) is 0 Å². The van der Waals surface area contributed by atoms with E-state index in [4.69, 9.17) is 0 Å². The molecule has 9 heteroatoms. The number of hydrogen-bond acceptors (Lipinski definition) is 4. The molecule has 0 saturated heterocycles. The number of para-hydroxylation sites is 2. The maximum atomic E-state index is 12.5. The largest absolute Gasteiger partial charge is 0.573 e. The molecule has 1 aromatic heterocycles. The number of benzene rings is 2. The smallest absolute Gasteiger partial charge is 0.405 e. The van der Waals surface area contributed by atoms with E-state index in [-0.39, 0.29) is 23.6 Å². The van der Waals surface area contributed by atoms with E-state index in [1.165, 1.54) is 41.0 Å². The van der Waals surface area contributed by atoms with Gasteiger partial charge in [-0.3, -0.25) is 4.79 Å². The third kappa shape index (κ3) is 4.63. The van der Waals surface area contributed by atoms with Gasteiger partial charge in [-0.25, -0.2) is 4.68 Å². The Morgan fingerprint density at radius 2 is 1.78 bits per heavy atom. The summed E-state index contributed by atoms with van der Waals surface area (Å²) in [4.78, 5) is 13.8. The average Bonchev–Trinajstić information content (AvgIpc) is 3.12. The van der Waals surface area contributed by atoms with Gasteiger partial charge < -0.3 is 9.64 Å². The first-order valence-corrected chi connectivity index (χ1v) is 7.90. The van der Waals surface area contributed by atoms with E-state index in [9.17, 15) is 18.0 Å². The Morgan fingerprint density at radius 1 is 1.11 bits per heavy atom. The summed E-state index contributed by atoms with van der Waals surface area (Å²) >= 11 is 0. The topological polar surface area (TPSA) is 60.2 Å². The molecule has 0 bridgehead atoms. The lowest BCUT2D eigenvalue weighted by molar-refractivity contribution is -0.275. The zero-order chi connectivity index (χ0) is 19.4. The molecule has 0 radical (unpaired) electrons. The van der Waals surface area contributed by atoms with E-state index in [2.05, 4.69) is 15.0 Å². The van der Waals surface area contributed by atoms with Crippen molar-refractivity contribution in [2.24, 2.45) is 0 Å². The Labute approximate surface area is 152 Å². The summed E-state index contributed by atoms with van der Waals surface area (Å²) in [6.07, 6.45) is -3.34. The van der Waals surface area contributed by atoms with Gasteiger partial charge in [0.25, 0.3) is 5.91 Å². The van der Waals surface area contributed by atoms with Gasteiger partial charge in [-0.05, 0) is 18.2 Å². The molecule has 0 N–H and O–H groups in total. The normalized spacial score (nSPS) is 11.3. The Bertz CT molecular complexity index is 926. The summed E-state index contributed by atoms with van der Waals surface area (Å²) in [7, 11) is 1.47. The van der Waals surface area contributed by atoms with Crippen LogP contribution < -0.4 is 4.74 Å². The Kier molecular flexibility index (Phi) is 5.11. The lowest BCUT2D eigenvalue weighted by atomic mass is 10.2. The summed E-state index contributed by atoms with van der Waals surface area (Å²) in [5.41, 5.74) is 1.03. The van der Waals surface area contributed by atoms with Gasteiger partial charge in [0.1, 0.15) is 5.75 Å². The molecule has 2 aromatic carbocycles. The molecular weight excluding hydrogens is 361 g/mol. The third-order valence-electron chi connectivity index (χ3n) is 3.69. The van der Waals surface area contributed by atoms with Crippen LogP contribution in [-0.4, -0.2) is 39.2 Å². The van der Waals surface area contributed by atoms with Crippen molar-refractivity contribution in [1.29, 1.82) is 0 Å². The van der Waals surface area contributed by atoms with Crippen LogP contribution in [0, 0.1) is 0 Å². The zero-order valence-electron chi connectivity index (χ0n) is 14.2. The number of aromatic nitrogens is 3. The number of rotatable bonds is 5. The van der Waals surface area contributed by atoms with Crippen molar-refractivity contribution in [3.8, 4) is 11.4 Å². The van der Waals surface area contributed by atoms with Crippen molar-refractivity contribution in [3.05, 3.63) is 72.1 Å². The van der Waals surface area contributed by atoms with Gasteiger partial charge in [0.05, 0.1) is 11.9 Å². The van der Waals surface area contributed by atoms with Gasteiger partial charge in [0.2, 0.25) is 0 Å². The highest BCUT2D eigenvalue weighted by Gasteiger charge is 2.32. The minimum absolute atomic E-state index is 0.0792. The van der Waals surface area contributed by atoms with Crippen LogP contribution in [-0.2, 0) is 6.54 Å². The number of hydrogen-bond donors (Lipinski definition) is 0. The molecule has 27 heavy (non-hydrogen) atoms. The standard InChI is InChI=1S/C18H15F3N4O2/c1-24(11-13-7-5-6-10-16(13)27-18(19,20)21)17(26)15-12-25(23-22-15)14-8-3-2-4-9-14/h2-10,12H,11H2,1H3. The molecule has 0 atom stereocenters. The van der Waals surface area contributed by atoms with Crippen LogP contribution in [0.25, 0.3) is 5.69 Å². The van der Waals surface area contributed by atoms with Gasteiger partial charge >= 0.3 is 6.36 Å². The maximum absolute atomic E-state index is 12.5. The molecule has 0 fully saturated rings. The minimum Gasteiger partial charge on any atom is -0.405 e. The molecule has 140 valence electrons. The first-order chi connectivity index (χ1) is 12.8. The van der Waals surface area contributed by atoms with Crippen molar-refractivity contribution >= 4 is 5.91 Å². The molecule has 1 amide bonds. The fourth-order valence-electron chi connectivity index (χ4n) is 2.45. The SMILES string of the molecule is CN(Cc1ccccc1OC(F)(F)F)C(=O)c1cn(-c2ccccc2)nn1. The van der Waals surface area contributed by atoms with E-state index in [0.29, 0.717) is 0 Å². The van der Waals surface area contributed by atoms with Crippen LogP contribution in [0.1, 0.15) is 16.1 Å². The van der Waals surface area contributed by atoms with Crippen molar-refractivity contribution in [3.63, 3.8) is 0 Å². The molecule has 0 saturated carbocycles. The number of amides is 1. The molecule has 3 aromatic rings. The van der Waals surface area contributed by atoms with E-state index in [1.54, 1.807) is 18.2 Å². The number of carbonyl (C=O) groups is 1. The predicted molar refractivity (Wildman–Crippen MR) is 90.3 cm³/mol. The van der Waals surface area contributed by atoms with Crippen molar-refractivity contribution in [2.75, 3.05) is 7.05 Å². The van der Waals surface area contributed by atoms with Gasteiger partial charge in [-0.15, -0.1) is 18.3 Å². The minimum atomic E-state index is -4.81. The highest BCUT2D eigenvalue weighted by Crippen LogP contribution is 2.27. The van der Waals surface area contributed by atoms with Crippen LogP contribution >= 0.6 is 0 Å².